The summed E-state index contributed by atoms with van der Waals surface area (Å²) in [4.78, 5) is 19.2. The van der Waals surface area contributed by atoms with Gasteiger partial charge in [-0.15, -0.1) is 0 Å². The van der Waals surface area contributed by atoms with E-state index in [2.05, 4.69) is 29.0 Å². The Morgan fingerprint density at radius 1 is 1.12 bits per heavy atom. The number of pyridine rings is 1. The molecule has 0 bridgehead atoms. The Bertz CT molecular complexity index is 1040. The first-order chi connectivity index (χ1) is 15.5. The van der Waals surface area contributed by atoms with Crippen LogP contribution in [0.2, 0.25) is 0 Å². The molecule has 0 saturated carbocycles. The summed E-state index contributed by atoms with van der Waals surface area (Å²) < 4.78 is 11.7. The molecule has 1 N–H and O–H groups in total. The van der Waals surface area contributed by atoms with Gasteiger partial charge in [-0.3, -0.25) is 14.7 Å². The third-order valence-corrected chi connectivity index (χ3v) is 5.41. The van der Waals surface area contributed by atoms with Gasteiger partial charge in [0.1, 0.15) is 11.5 Å². The quantitative estimate of drug-likeness (QED) is 0.592. The lowest BCUT2D eigenvalue weighted by Gasteiger charge is -2.35. The van der Waals surface area contributed by atoms with Crippen molar-refractivity contribution in [2.24, 2.45) is 0 Å². The zero-order valence-corrected chi connectivity index (χ0v) is 18.7. The minimum absolute atomic E-state index is 0.134. The molecule has 1 saturated heterocycles. The van der Waals surface area contributed by atoms with E-state index >= 15 is 0 Å². The Morgan fingerprint density at radius 2 is 1.88 bits per heavy atom. The number of amides is 1. The second-order valence-corrected chi connectivity index (χ2v) is 8.37. The van der Waals surface area contributed by atoms with E-state index in [1.165, 1.54) is 5.56 Å². The minimum Gasteiger partial charge on any atom is -0.455 e. The largest absolute Gasteiger partial charge is 0.455 e. The van der Waals surface area contributed by atoms with Gasteiger partial charge >= 0.3 is 0 Å². The lowest BCUT2D eigenvalue weighted by Crippen LogP contribution is -2.44. The number of nitrogens with zero attached hydrogens (tertiary/aromatic N) is 2. The van der Waals surface area contributed by atoms with Crippen molar-refractivity contribution in [2.75, 3.05) is 18.4 Å². The zero-order valence-electron chi connectivity index (χ0n) is 18.7. The van der Waals surface area contributed by atoms with Gasteiger partial charge in [-0.25, -0.2) is 0 Å². The summed E-state index contributed by atoms with van der Waals surface area (Å²) in [6.07, 6.45) is 3.86. The first-order valence-electron chi connectivity index (χ1n) is 10.9. The van der Waals surface area contributed by atoms with E-state index in [1.807, 2.05) is 61.5 Å². The van der Waals surface area contributed by atoms with Crippen molar-refractivity contribution in [3.05, 3.63) is 83.7 Å². The van der Waals surface area contributed by atoms with Gasteiger partial charge in [-0.2, -0.15) is 0 Å². The number of aromatic nitrogens is 1. The predicted octanol–water partition coefficient (Wildman–Crippen LogP) is 5.04. The van der Waals surface area contributed by atoms with Gasteiger partial charge in [0.05, 0.1) is 18.4 Å². The van der Waals surface area contributed by atoms with E-state index in [4.69, 9.17) is 9.47 Å². The van der Waals surface area contributed by atoms with Crippen molar-refractivity contribution < 1.29 is 14.3 Å². The van der Waals surface area contributed by atoms with Gasteiger partial charge in [0.2, 0.25) is 0 Å². The van der Waals surface area contributed by atoms with Crippen LogP contribution < -0.4 is 10.1 Å². The van der Waals surface area contributed by atoms with Gasteiger partial charge in [-0.1, -0.05) is 12.1 Å². The van der Waals surface area contributed by atoms with Crippen LogP contribution in [0.15, 0.2) is 67.0 Å². The Morgan fingerprint density at radius 3 is 2.53 bits per heavy atom. The maximum atomic E-state index is 12.7. The summed E-state index contributed by atoms with van der Waals surface area (Å²) in [7, 11) is 0. The molecule has 2 atom stereocenters. The molecule has 4 rings (SSSR count). The summed E-state index contributed by atoms with van der Waals surface area (Å²) >= 11 is 0. The van der Waals surface area contributed by atoms with Crippen LogP contribution in [0.3, 0.4) is 0 Å². The second-order valence-electron chi connectivity index (χ2n) is 8.37. The molecular weight excluding hydrogens is 402 g/mol. The first-order valence-corrected chi connectivity index (χ1v) is 10.9. The summed E-state index contributed by atoms with van der Waals surface area (Å²) in [5.74, 6) is 1.27. The molecule has 1 aliphatic heterocycles. The molecule has 2 aromatic carbocycles. The van der Waals surface area contributed by atoms with Gasteiger partial charge in [-0.05, 0) is 74.4 Å². The molecule has 3 aromatic rings. The molecule has 2 unspecified atom stereocenters. The van der Waals surface area contributed by atoms with Gasteiger partial charge in [0.15, 0.2) is 0 Å². The smallest absolute Gasteiger partial charge is 0.255 e. The maximum absolute atomic E-state index is 12.7. The molecule has 0 radical (unpaired) electrons. The standard InChI is InChI=1S/C26H29N3O3/c1-18-13-23(10-11-25(18)32-24-5-4-12-27-14-24)28-26(30)22-8-6-21(7-9-22)17-29-15-19(2)31-20(3)16-29/h4-14,19-20H,15-17H2,1-3H3,(H,28,30). The summed E-state index contributed by atoms with van der Waals surface area (Å²) in [5.41, 5.74) is 3.48. The Hall–Kier alpha value is -3.22. The molecule has 6 heteroatoms. The third kappa shape index (κ3) is 5.72. The lowest BCUT2D eigenvalue weighted by molar-refractivity contribution is -0.0704. The number of carbonyl (C=O) groups is 1. The number of morpholine rings is 1. The Labute approximate surface area is 189 Å². The number of anilines is 1. The van der Waals surface area contributed by atoms with Gasteiger partial charge in [0.25, 0.3) is 5.91 Å². The number of ether oxygens (including phenoxy) is 2. The van der Waals surface area contributed by atoms with Crippen molar-refractivity contribution >= 4 is 11.6 Å². The topological polar surface area (TPSA) is 63.7 Å². The minimum atomic E-state index is -0.134. The zero-order chi connectivity index (χ0) is 22.5. The lowest BCUT2D eigenvalue weighted by atomic mass is 10.1. The highest BCUT2D eigenvalue weighted by Gasteiger charge is 2.22. The van der Waals surface area contributed by atoms with Crippen LogP contribution in [0.4, 0.5) is 5.69 Å². The predicted molar refractivity (Wildman–Crippen MR) is 125 cm³/mol. The van der Waals surface area contributed by atoms with Crippen LogP contribution in [0.1, 0.15) is 35.3 Å². The van der Waals surface area contributed by atoms with E-state index < -0.39 is 0 Å². The molecule has 166 valence electrons. The first kappa shape index (κ1) is 22.0. The van der Waals surface area contributed by atoms with Crippen molar-refractivity contribution in [3.63, 3.8) is 0 Å². The second kappa shape index (κ2) is 9.94. The Kier molecular flexibility index (Phi) is 6.83. The number of benzene rings is 2. The monoisotopic (exact) mass is 431 g/mol. The van der Waals surface area contributed by atoms with Gasteiger partial charge < -0.3 is 14.8 Å². The molecule has 32 heavy (non-hydrogen) atoms. The molecule has 1 amide bonds. The fraction of sp³-hybridized carbons (Fsp3) is 0.308. The molecule has 1 fully saturated rings. The fourth-order valence-corrected chi connectivity index (χ4v) is 4.01. The average molecular weight is 432 g/mol. The van der Waals surface area contributed by atoms with E-state index in [1.54, 1.807) is 12.4 Å². The highest BCUT2D eigenvalue weighted by molar-refractivity contribution is 6.04. The van der Waals surface area contributed by atoms with Crippen molar-refractivity contribution in [1.82, 2.24) is 9.88 Å². The van der Waals surface area contributed by atoms with Gasteiger partial charge in [0, 0.05) is 37.1 Å². The molecule has 1 aromatic heterocycles. The average Bonchev–Trinajstić information content (AvgIpc) is 2.76. The number of hydrogen-bond donors (Lipinski definition) is 1. The molecular formula is C26H29N3O3. The van der Waals surface area contributed by atoms with E-state index in [9.17, 15) is 4.79 Å². The summed E-state index contributed by atoms with van der Waals surface area (Å²) in [6, 6.07) is 17.1. The highest BCUT2D eigenvalue weighted by atomic mass is 16.5. The molecule has 2 heterocycles. The van der Waals surface area contributed by atoms with Crippen LogP contribution in [0.5, 0.6) is 11.5 Å². The summed E-state index contributed by atoms with van der Waals surface area (Å²) in [5, 5.41) is 2.97. The van der Waals surface area contributed by atoms with Crippen molar-refractivity contribution in [1.29, 1.82) is 0 Å². The normalized spacial score (nSPS) is 18.8. The van der Waals surface area contributed by atoms with Crippen LogP contribution in [0.25, 0.3) is 0 Å². The molecule has 1 aliphatic rings. The van der Waals surface area contributed by atoms with E-state index in [0.717, 1.165) is 36.6 Å². The maximum Gasteiger partial charge on any atom is 0.255 e. The van der Waals surface area contributed by atoms with Crippen LogP contribution in [-0.2, 0) is 11.3 Å². The van der Waals surface area contributed by atoms with Crippen molar-refractivity contribution in [3.8, 4) is 11.5 Å². The molecule has 0 spiro atoms. The number of aryl methyl sites for hydroxylation is 1. The Balaban J connectivity index is 1.36. The van der Waals surface area contributed by atoms with E-state index in [0.29, 0.717) is 11.3 Å². The molecule has 6 nitrogen and oxygen atoms in total. The number of rotatable bonds is 6. The molecule has 0 aliphatic carbocycles. The SMILES string of the molecule is Cc1cc(NC(=O)c2ccc(CN3CC(C)OC(C)C3)cc2)ccc1Oc1cccnc1. The third-order valence-electron chi connectivity index (χ3n) is 5.41. The fourth-order valence-electron chi connectivity index (χ4n) is 4.01. The number of nitrogens with one attached hydrogen (secondary N) is 1. The van der Waals surface area contributed by atoms with E-state index in [-0.39, 0.29) is 18.1 Å². The highest BCUT2D eigenvalue weighted by Crippen LogP contribution is 2.27. The number of carbonyl (C=O) groups excluding carboxylic acids is 1. The van der Waals surface area contributed by atoms with Crippen molar-refractivity contribution in [2.45, 2.75) is 39.5 Å². The number of hydrogen-bond acceptors (Lipinski definition) is 5. The van der Waals surface area contributed by atoms with Crippen LogP contribution in [0, 0.1) is 6.92 Å². The summed E-state index contributed by atoms with van der Waals surface area (Å²) in [6.45, 7) is 8.87. The van der Waals surface area contributed by atoms with Crippen LogP contribution >= 0.6 is 0 Å². The van der Waals surface area contributed by atoms with Crippen LogP contribution in [-0.4, -0.2) is 41.1 Å².